The van der Waals surface area contributed by atoms with E-state index in [4.69, 9.17) is 0 Å². The summed E-state index contributed by atoms with van der Waals surface area (Å²) < 4.78 is 3.36. The van der Waals surface area contributed by atoms with Crippen LogP contribution in [0.4, 0.5) is 0 Å². The molecule has 1 nitrogen and oxygen atoms in total. The van der Waals surface area contributed by atoms with Gasteiger partial charge in [0.1, 0.15) is 0 Å². The average Bonchev–Trinajstić information content (AvgIpc) is 2.15. The van der Waals surface area contributed by atoms with Gasteiger partial charge in [0.2, 0.25) is 0 Å². The standard InChI is InChI=1S/C11H19NS/c1-3-8-12-13-9-11-7-5-4-6-10(11)2/h4-7,10-12H,3,8-9H2,1-2H3. The van der Waals surface area contributed by atoms with Crippen LogP contribution in [0.3, 0.4) is 0 Å². The second-order valence-electron chi connectivity index (χ2n) is 3.50. The molecule has 0 aromatic heterocycles. The number of hydrogen-bond acceptors (Lipinski definition) is 2. The van der Waals surface area contributed by atoms with Crippen LogP contribution in [0.15, 0.2) is 24.3 Å². The molecule has 0 spiro atoms. The highest BCUT2D eigenvalue weighted by molar-refractivity contribution is 7.97. The van der Waals surface area contributed by atoms with Crippen molar-refractivity contribution in [2.24, 2.45) is 11.8 Å². The Labute approximate surface area is 85.8 Å². The van der Waals surface area contributed by atoms with Crippen molar-refractivity contribution in [3.05, 3.63) is 24.3 Å². The molecule has 1 N–H and O–H groups in total. The van der Waals surface area contributed by atoms with Gasteiger partial charge in [0, 0.05) is 12.3 Å². The summed E-state index contributed by atoms with van der Waals surface area (Å²) in [5.74, 6) is 2.59. The molecular weight excluding hydrogens is 178 g/mol. The van der Waals surface area contributed by atoms with Gasteiger partial charge in [0.15, 0.2) is 0 Å². The van der Waals surface area contributed by atoms with Gasteiger partial charge in [-0.1, -0.05) is 50.1 Å². The molecule has 2 atom stereocenters. The first-order valence-corrected chi connectivity index (χ1v) is 6.02. The zero-order valence-corrected chi connectivity index (χ0v) is 9.31. The first-order valence-electron chi connectivity index (χ1n) is 5.04. The second-order valence-corrected chi connectivity index (χ2v) is 4.41. The Morgan fingerprint density at radius 3 is 2.77 bits per heavy atom. The van der Waals surface area contributed by atoms with E-state index in [0.29, 0.717) is 11.8 Å². The summed E-state index contributed by atoms with van der Waals surface area (Å²) in [5, 5.41) is 0. The SMILES string of the molecule is CCCNSCC1C=CC=CC1C. The highest BCUT2D eigenvalue weighted by Crippen LogP contribution is 2.21. The van der Waals surface area contributed by atoms with E-state index in [1.54, 1.807) is 0 Å². The molecule has 0 saturated carbocycles. The summed E-state index contributed by atoms with van der Waals surface area (Å²) in [5.41, 5.74) is 0. The molecule has 0 bridgehead atoms. The number of nitrogens with one attached hydrogen (secondary N) is 1. The molecule has 74 valence electrons. The lowest BCUT2D eigenvalue weighted by atomic mass is 9.92. The van der Waals surface area contributed by atoms with Gasteiger partial charge in [-0.05, 0) is 18.3 Å². The van der Waals surface area contributed by atoms with E-state index in [1.165, 1.54) is 12.2 Å². The third-order valence-electron chi connectivity index (χ3n) is 2.29. The van der Waals surface area contributed by atoms with E-state index < -0.39 is 0 Å². The van der Waals surface area contributed by atoms with E-state index in [0.717, 1.165) is 6.54 Å². The van der Waals surface area contributed by atoms with Crippen LogP contribution in [0.1, 0.15) is 20.3 Å². The van der Waals surface area contributed by atoms with E-state index in [9.17, 15) is 0 Å². The number of allylic oxidation sites excluding steroid dienone is 4. The van der Waals surface area contributed by atoms with Gasteiger partial charge in [-0.2, -0.15) is 0 Å². The zero-order chi connectivity index (χ0) is 9.52. The summed E-state index contributed by atoms with van der Waals surface area (Å²) in [6.45, 7) is 5.59. The summed E-state index contributed by atoms with van der Waals surface area (Å²) in [6, 6.07) is 0. The van der Waals surface area contributed by atoms with Crippen molar-refractivity contribution >= 4 is 11.9 Å². The lowest BCUT2D eigenvalue weighted by molar-refractivity contribution is 0.560. The highest BCUT2D eigenvalue weighted by atomic mass is 32.2. The van der Waals surface area contributed by atoms with Crippen LogP contribution in [-0.2, 0) is 0 Å². The lowest BCUT2D eigenvalue weighted by Crippen LogP contribution is -2.15. The largest absolute Gasteiger partial charge is 0.264 e. The second kappa shape index (κ2) is 6.28. The fourth-order valence-electron chi connectivity index (χ4n) is 1.30. The topological polar surface area (TPSA) is 12.0 Å². The van der Waals surface area contributed by atoms with Crippen LogP contribution in [0.2, 0.25) is 0 Å². The van der Waals surface area contributed by atoms with Gasteiger partial charge in [0.25, 0.3) is 0 Å². The predicted octanol–water partition coefficient (Wildman–Crippen LogP) is 3.01. The van der Waals surface area contributed by atoms with Crippen LogP contribution < -0.4 is 4.72 Å². The van der Waals surface area contributed by atoms with Crippen molar-refractivity contribution in [1.82, 2.24) is 4.72 Å². The molecule has 0 aromatic carbocycles. The van der Waals surface area contributed by atoms with Gasteiger partial charge < -0.3 is 0 Å². The third-order valence-corrected chi connectivity index (χ3v) is 3.25. The minimum absolute atomic E-state index is 0.695. The molecule has 0 aliphatic heterocycles. The average molecular weight is 197 g/mol. The van der Waals surface area contributed by atoms with Gasteiger partial charge in [-0.25, -0.2) is 0 Å². The fourth-order valence-corrected chi connectivity index (χ4v) is 2.37. The number of hydrogen-bond donors (Lipinski definition) is 1. The Kier molecular flexibility index (Phi) is 5.25. The first-order chi connectivity index (χ1) is 6.34. The lowest BCUT2D eigenvalue weighted by Gasteiger charge is -2.19. The van der Waals surface area contributed by atoms with Crippen molar-refractivity contribution in [2.75, 3.05) is 12.3 Å². The Hall–Kier alpha value is -0.210. The molecule has 2 unspecified atom stereocenters. The molecule has 0 aromatic rings. The predicted molar refractivity (Wildman–Crippen MR) is 61.7 cm³/mol. The highest BCUT2D eigenvalue weighted by Gasteiger charge is 2.13. The van der Waals surface area contributed by atoms with Gasteiger partial charge in [-0.3, -0.25) is 4.72 Å². The molecule has 0 radical (unpaired) electrons. The van der Waals surface area contributed by atoms with Gasteiger partial charge in [0.05, 0.1) is 0 Å². The Morgan fingerprint density at radius 1 is 1.31 bits per heavy atom. The Morgan fingerprint density at radius 2 is 2.08 bits per heavy atom. The van der Waals surface area contributed by atoms with Crippen LogP contribution in [-0.4, -0.2) is 12.3 Å². The molecule has 1 rings (SSSR count). The maximum atomic E-state index is 3.36. The van der Waals surface area contributed by atoms with E-state index in [1.807, 2.05) is 11.9 Å². The smallest absolute Gasteiger partial charge is 0.0147 e. The molecule has 1 aliphatic carbocycles. The minimum Gasteiger partial charge on any atom is -0.264 e. The van der Waals surface area contributed by atoms with Gasteiger partial charge >= 0.3 is 0 Å². The van der Waals surface area contributed by atoms with Crippen molar-refractivity contribution < 1.29 is 0 Å². The number of rotatable bonds is 5. The van der Waals surface area contributed by atoms with Crippen LogP contribution in [0.5, 0.6) is 0 Å². The molecular formula is C11H19NS. The van der Waals surface area contributed by atoms with Crippen molar-refractivity contribution in [3.8, 4) is 0 Å². The quantitative estimate of drug-likeness (QED) is 0.537. The summed E-state index contributed by atoms with van der Waals surface area (Å²) >= 11 is 1.85. The van der Waals surface area contributed by atoms with E-state index in [-0.39, 0.29) is 0 Å². The van der Waals surface area contributed by atoms with Crippen molar-refractivity contribution in [1.29, 1.82) is 0 Å². The summed E-state index contributed by atoms with van der Waals surface area (Å²) in [4.78, 5) is 0. The van der Waals surface area contributed by atoms with Crippen LogP contribution in [0, 0.1) is 11.8 Å². The maximum absolute atomic E-state index is 3.36. The van der Waals surface area contributed by atoms with Crippen LogP contribution >= 0.6 is 11.9 Å². The molecule has 1 aliphatic rings. The molecule has 0 heterocycles. The molecule has 0 saturated heterocycles. The molecule has 0 fully saturated rings. The zero-order valence-electron chi connectivity index (χ0n) is 8.49. The monoisotopic (exact) mass is 197 g/mol. The molecule has 0 amide bonds. The molecule has 13 heavy (non-hydrogen) atoms. The van der Waals surface area contributed by atoms with Crippen LogP contribution in [0.25, 0.3) is 0 Å². The third kappa shape index (κ3) is 4.01. The Balaban J connectivity index is 2.14. The summed E-state index contributed by atoms with van der Waals surface area (Å²) in [6.07, 6.45) is 10.1. The first kappa shape index (κ1) is 10.9. The normalized spacial score (nSPS) is 26.6. The van der Waals surface area contributed by atoms with Crippen molar-refractivity contribution in [3.63, 3.8) is 0 Å². The van der Waals surface area contributed by atoms with E-state index >= 15 is 0 Å². The van der Waals surface area contributed by atoms with Crippen molar-refractivity contribution in [2.45, 2.75) is 20.3 Å². The van der Waals surface area contributed by atoms with E-state index in [2.05, 4.69) is 42.9 Å². The fraction of sp³-hybridized carbons (Fsp3) is 0.636. The van der Waals surface area contributed by atoms with Gasteiger partial charge in [-0.15, -0.1) is 0 Å². The maximum Gasteiger partial charge on any atom is 0.0147 e. The molecule has 2 heteroatoms. The minimum atomic E-state index is 0.695. The Bertz CT molecular complexity index is 187. The summed E-state index contributed by atoms with van der Waals surface area (Å²) in [7, 11) is 0.